The summed E-state index contributed by atoms with van der Waals surface area (Å²) in [5, 5.41) is 37.7. The van der Waals surface area contributed by atoms with Gasteiger partial charge in [0.05, 0.1) is 22.3 Å². The molecule has 0 unspecified atom stereocenters. The lowest BCUT2D eigenvalue weighted by molar-refractivity contribution is 0.0675. The first-order chi connectivity index (χ1) is 13.6. The average molecular weight is 506 g/mol. The van der Waals surface area contributed by atoms with E-state index in [0.717, 1.165) is 21.8 Å². The van der Waals surface area contributed by atoms with E-state index < -0.39 is 56.9 Å². The minimum atomic E-state index is -1.51. The van der Waals surface area contributed by atoms with Gasteiger partial charge < -0.3 is 20.4 Å². The van der Waals surface area contributed by atoms with Gasteiger partial charge in [-0.2, -0.15) is 0 Å². The molecule has 9 heteroatoms. The fourth-order valence-corrected chi connectivity index (χ4v) is 3.53. The standard InChI is InChI=1S/C20H11IO8/c21-9-3-1-8(2-4-9)12-7-13(19(26)27)14-10(17(22)23)5-6-11(18(24)25)15(14)16(12)20(28)29/h1-7H,(H,22,23)(H,24,25)(H,26,27)(H,28,29). The Morgan fingerprint density at radius 2 is 1.10 bits per heavy atom. The van der Waals surface area contributed by atoms with Gasteiger partial charge in [-0.15, -0.1) is 0 Å². The molecule has 3 rings (SSSR count). The van der Waals surface area contributed by atoms with E-state index in [1.165, 1.54) is 0 Å². The number of aromatic carboxylic acids is 4. The van der Waals surface area contributed by atoms with Crippen LogP contribution in [0.25, 0.3) is 21.9 Å². The smallest absolute Gasteiger partial charge is 0.336 e. The Bertz CT molecular complexity index is 1210. The first-order valence-corrected chi connectivity index (χ1v) is 9.04. The number of halogens is 1. The lowest BCUT2D eigenvalue weighted by Crippen LogP contribution is -2.13. The predicted octanol–water partition coefficient (Wildman–Crippen LogP) is 3.90. The topological polar surface area (TPSA) is 149 Å². The minimum Gasteiger partial charge on any atom is -0.478 e. The number of fused-ring (bicyclic) bond motifs is 1. The van der Waals surface area contributed by atoms with Crippen molar-refractivity contribution in [2.75, 3.05) is 0 Å². The average Bonchev–Trinajstić information content (AvgIpc) is 2.65. The van der Waals surface area contributed by atoms with Crippen LogP contribution in [0.3, 0.4) is 0 Å². The molecule has 0 aromatic heterocycles. The minimum absolute atomic E-state index is 0.0242. The van der Waals surface area contributed by atoms with Gasteiger partial charge in [0.25, 0.3) is 0 Å². The van der Waals surface area contributed by atoms with Crippen LogP contribution in [0.2, 0.25) is 0 Å². The first-order valence-electron chi connectivity index (χ1n) is 7.96. The number of carboxylic acids is 4. The fraction of sp³-hybridized carbons (Fsp3) is 0. The maximum absolute atomic E-state index is 12.1. The molecular weight excluding hydrogens is 495 g/mol. The molecule has 3 aromatic rings. The molecule has 3 aromatic carbocycles. The Labute approximate surface area is 176 Å². The molecule has 0 aliphatic heterocycles. The molecular formula is C20H11IO8. The molecule has 4 N–H and O–H groups in total. The van der Waals surface area contributed by atoms with Crippen molar-refractivity contribution in [3.63, 3.8) is 0 Å². The van der Waals surface area contributed by atoms with Crippen molar-refractivity contribution in [2.24, 2.45) is 0 Å². The summed E-state index contributed by atoms with van der Waals surface area (Å²) < 4.78 is 0.849. The number of carboxylic acid groups (broad SMARTS) is 4. The SMILES string of the molecule is O=C(O)c1ccc(C(=O)O)c2c(C(=O)O)c(-c3ccc(I)cc3)cc(C(=O)O)c12. The molecule has 146 valence electrons. The van der Waals surface area contributed by atoms with E-state index in [1.807, 2.05) is 22.6 Å². The third kappa shape index (κ3) is 3.51. The molecule has 29 heavy (non-hydrogen) atoms. The Morgan fingerprint density at radius 3 is 1.55 bits per heavy atom. The Hall–Kier alpha value is -3.47. The molecule has 0 radical (unpaired) electrons. The second kappa shape index (κ2) is 7.51. The molecule has 0 bridgehead atoms. The number of benzene rings is 3. The Balaban J connectivity index is 2.66. The third-order valence-corrected chi connectivity index (χ3v) is 5.06. The van der Waals surface area contributed by atoms with E-state index in [0.29, 0.717) is 5.56 Å². The van der Waals surface area contributed by atoms with Crippen LogP contribution in [0.15, 0.2) is 42.5 Å². The number of hydrogen-bond donors (Lipinski definition) is 4. The summed E-state index contributed by atoms with van der Waals surface area (Å²) in [6, 6.07) is 9.48. The van der Waals surface area contributed by atoms with Crippen molar-refractivity contribution in [3.8, 4) is 11.1 Å². The molecule has 0 aliphatic rings. The molecule has 0 heterocycles. The molecule has 0 atom stereocenters. The summed E-state index contributed by atoms with van der Waals surface area (Å²) in [5.74, 6) is -6.03. The Morgan fingerprint density at radius 1 is 0.621 bits per heavy atom. The highest BCUT2D eigenvalue weighted by atomic mass is 127. The van der Waals surface area contributed by atoms with E-state index in [4.69, 9.17) is 0 Å². The highest BCUT2D eigenvalue weighted by Crippen LogP contribution is 2.37. The van der Waals surface area contributed by atoms with Crippen LogP contribution in [0.4, 0.5) is 0 Å². The van der Waals surface area contributed by atoms with E-state index in [-0.39, 0.29) is 5.56 Å². The van der Waals surface area contributed by atoms with Gasteiger partial charge in [0.2, 0.25) is 0 Å². The predicted molar refractivity (Wildman–Crippen MR) is 110 cm³/mol. The molecule has 0 amide bonds. The van der Waals surface area contributed by atoms with Crippen molar-refractivity contribution >= 4 is 57.2 Å². The van der Waals surface area contributed by atoms with Gasteiger partial charge in [-0.1, -0.05) is 12.1 Å². The maximum atomic E-state index is 12.1. The van der Waals surface area contributed by atoms with Gasteiger partial charge in [-0.05, 0) is 64.0 Å². The van der Waals surface area contributed by atoms with Crippen LogP contribution in [0, 0.1) is 3.57 Å². The van der Waals surface area contributed by atoms with Gasteiger partial charge >= 0.3 is 23.9 Å². The van der Waals surface area contributed by atoms with Crippen molar-refractivity contribution in [1.29, 1.82) is 0 Å². The summed E-state index contributed by atoms with van der Waals surface area (Å²) in [5.41, 5.74) is -1.66. The Kier molecular flexibility index (Phi) is 5.25. The zero-order valence-electron chi connectivity index (χ0n) is 14.3. The van der Waals surface area contributed by atoms with Gasteiger partial charge in [0.1, 0.15) is 0 Å². The third-order valence-electron chi connectivity index (χ3n) is 4.34. The van der Waals surface area contributed by atoms with Crippen LogP contribution in [0.5, 0.6) is 0 Å². The largest absolute Gasteiger partial charge is 0.478 e. The lowest BCUT2D eigenvalue weighted by atomic mass is 9.86. The quantitative estimate of drug-likeness (QED) is 0.381. The van der Waals surface area contributed by atoms with Gasteiger partial charge in [0, 0.05) is 14.3 Å². The zero-order valence-corrected chi connectivity index (χ0v) is 16.5. The molecule has 8 nitrogen and oxygen atoms in total. The number of hydrogen-bond acceptors (Lipinski definition) is 4. The lowest BCUT2D eigenvalue weighted by Gasteiger charge is -2.16. The van der Waals surface area contributed by atoms with Crippen molar-refractivity contribution in [3.05, 3.63) is 68.3 Å². The fourth-order valence-electron chi connectivity index (χ4n) is 3.17. The highest BCUT2D eigenvalue weighted by molar-refractivity contribution is 14.1. The summed E-state index contributed by atoms with van der Waals surface area (Å²) >= 11 is 2.04. The van der Waals surface area contributed by atoms with Gasteiger partial charge in [0.15, 0.2) is 0 Å². The summed E-state index contributed by atoms with van der Waals surface area (Å²) in [6.07, 6.45) is 0. The van der Waals surface area contributed by atoms with Crippen LogP contribution in [0.1, 0.15) is 41.4 Å². The van der Waals surface area contributed by atoms with Gasteiger partial charge in [-0.25, -0.2) is 19.2 Å². The summed E-state index contributed by atoms with van der Waals surface area (Å²) in [6.45, 7) is 0. The van der Waals surface area contributed by atoms with Crippen LogP contribution < -0.4 is 0 Å². The van der Waals surface area contributed by atoms with Crippen molar-refractivity contribution in [1.82, 2.24) is 0 Å². The van der Waals surface area contributed by atoms with Crippen molar-refractivity contribution in [2.45, 2.75) is 0 Å². The van der Waals surface area contributed by atoms with E-state index in [9.17, 15) is 39.6 Å². The maximum Gasteiger partial charge on any atom is 0.336 e. The van der Waals surface area contributed by atoms with Gasteiger partial charge in [-0.3, -0.25) is 0 Å². The normalized spacial score (nSPS) is 10.7. The van der Waals surface area contributed by atoms with E-state index >= 15 is 0 Å². The van der Waals surface area contributed by atoms with Crippen LogP contribution in [-0.4, -0.2) is 44.3 Å². The molecule has 0 saturated heterocycles. The van der Waals surface area contributed by atoms with E-state index in [2.05, 4.69) is 0 Å². The monoisotopic (exact) mass is 506 g/mol. The number of carbonyl (C=O) groups is 4. The molecule has 0 aliphatic carbocycles. The summed E-state index contributed by atoms with van der Waals surface area (Å²) in [7, 11) is 0. The second-order valence-corrected chi connectivity index (χ2v) is 7.23. The highest BCUT2D eigenvalue weighted by Gasteiger charge is 2.28. The van der Waals surface area contributed by atoms with Crippen LogP contribution >= 0.6 is 22.6 Å². The molecule has 0 spiro atoms. The molecule has 0 saturated carbocycles. The molecule has 0 fully saturated rings. The van der Waals surface area contributed by atoms with Crippen LogP contribution in [-0.2, 0) is 0 Å². The first kappa shape index (κ1) is 20.3. The zero-order chi connectivity index (χ0) is 21.5. The number of rotatable bonds is 5. The summed E-state index contributed by atoms with van der Waals surface area (Å²) in [4.78, 5) is 47.4. The van der Waals surface area contributed by atoms with Crippen molar-refractivity contribution < 1.29 is 39.6 Å². The van der Waals surface area contributed by atoms with E-state index in [1.54, 1.807) is 24.3 Å². The second-order valence-electron chi connectivity index (χ2n) is 5.98.